The minimum absolute atomic E-state index is 0.285. The van der Waals surface area contributed by atoms with E-state index < -0.39 is 0 Å². The van der Waals surface area contributed by atoms with Crippen LogP contribution in [-0.2, 0) is 0 Å². The Morgan fingerprint density at radius 1 is 0.667 bits per heavy atom. The monoisotopic (exact) mass is 360 g/mol. The summed E-state index contributed by atoms with van der Waals surface area (Å²) in [5.41, 5.74) is 4.78. The minimum atomic E-state index is 0.285. The molecule has 0 aliphatic heterocycles. The van der Waals surface area contributed by atoms with E-state index in [4.69, 9.17) is 0 Å². The summed E-state index contributed by atoms with van der Waals surface area (Å²) in [6.45, 7) is 4.56. The van der Waals surface area contributed by atoms with Gasteiger partial charge in [-0.1, -0.05) is 75.2 Å². The Morgan fingerprint density at radius 3 is 1.56 bits per heavy atom. The summed E-state index contributed by atoms with van der Waals surface area (Å²) in [7, 11) is 0. The fourth-order valence-electron chi connectivity index (χ4n) is 3.75. The minimum Gasteiger partial charge on any atom is -0.508 e. The van der Waals surface area contributed by atoms with Crippen LogP contribution in [0.5, 0.6) is 11.5 Å². The SMILES string of the molecule is CCCC(C)CC(c1ccc(O)cc1)c1ccc(-c2ccc(O)cc2)cc1. The number of benzene rings is 3. The molecule has 0 aliphatic carbocycles. The number of phenolic OH excluding ortho intramolecular Hbond substituents is 2. The van der Waals surface area contributed by atoms with Crippen LogP contribution in [0.15, 0.2) is 72.8 Å². The molecule has 0 saturated heterocycles. The molecule has 2 nitrogen and oxygen atoms in total. The quantitative estimate of drug-likeness (QED) is 0.491. The van der Waals surface area contributed by atoms with Gasteiger partial charge in [0.2, 0.25) is 0 Å². The molecule has 2 unspecified atom stereocenters. The van der Waals surface area contributed by atoms with Crippen molar-refractivity contribution >= 4 is 0 Å². The summed E-state index contributed by atoms with van der Waals surface area (Å²) in [5.74, 6) is 1.56. The summed E-state index contributed by atoms with van der Waals surface area (Å²) >= 11 is 0. The molecule has 0 aliphatic rings. The normalized spacial score (nSPS) is 13.3. The number of phenols is 2. The van der Waals surface area contributed by atoms with Crippen LogP contribution in [-0.4, -0.2) is 10.2 Å². The summed E-state index contributed by atoms with van der Waals surface area (Å²) < 4.78 is 0. The lowest BCUT2D eigenvalue weighted by Crippen LogP contribution is -2.07. The molecule has 0 amide bonds. The largest absolute Gasteiger partial charge is 0.508 e. The van der Waals surface area contributed by atoms with Crippen molar-refractivity contribution < 1.29 is 10.2 Å². The van der Waals surface area contributed by atoms with Crippen LogP contribution < -0.4 is 0 Å². The second-order valence-electron chi connectivity index (χ2n) is 7.44. The molecule has 0 heterocycles. The lowest BCUT2D eigenvalue weighted by Gasteiger charge is -2.22. The maximum Gasteiger partial charge on any atom is 0.115 e. The van der Waals surface area contributed by atoms with E-state index in [0.29, 0.717) is 17.6 Å². The van der Waals surface area contributed by atoms with E-state index in [1.807, 2.05) is 24.3 Å². The second kappa shape index (κ2) is 8.77. The zero-order valence-corrected chi connectivity index (χ0v) is 16.1. The Morgan fingerprint density at radius 2 is 1.07 bits per heavy atom. The predicted octanol–water partition coefficient (Wildman–Crippen LogP) is 6.72. The Labute approximate surface area is 162 Å². The molecule has 0 fully saturated rings. The molecule has 3 aromatic carbocycles. The van der Waals surface area contributed by atoms with Crippen molar-refractivity contribution in [2.75, 3.05) is 0 Å². The molecule has 140 valence electrons. The Balaban J connectivity index is 1.89. The Hall–Kier alpha value is -2.74. The van der Waals surface area contributed by atoms with Gasteiger partial charge in [0.25, 0.3) is 0 Å². The summed E-state index contributed by atoms with van der Waals surface area (Å²) in [6, 6.07) is 23.6. The molecule has 2 atom stereocenters. The highest BCUT2D eigenvalue weighted by atomic mass is 16.3. The molecular formula is C25H28O2. The average molecular weight is 360 g/mol. The van der Waals surface area contributed by atoms with E-state index in [1.165, 1.54) is 24.0 Å². The molecule has 0 aromatic heterocycles. The van der Waals surface area contributed by atoms with Gasteiger partial charge < -0.3 is 10.2 Å². The van der Waals surface area contributed by atoms with Gasteiger partial charge >= 0.3 is 0 Å². The van der Waals surface area contributed by atoms with Gasteiger partial charge in [-0.2, -0.15) is 0 Å². The number of aromatic hydroxyl groups is 2. The van der Waals surface area contributed by atoms with Gasteiger partial charge in [-0.05, 0) is 58.9 Å². The third kappa shape index (κ3) is 4.91. The lowest BCUT2D eigenvalue weighted by molar-refractivity contribution is 0.458. The summed E-state index contributed by atoms with van der Waals surface area (Å²) in [5, 5.41) is 19.1. The fourth-order valence-corrected chi connectivity index (χ4v) is 3.75. The second-order valence-corrected chi connectivity index (χ2v) is 7.44. The van der Waals surface area contributed by atoms with E-state index in [-0.39, 0.29) is 5.75 Å². The third-order valence-electron chi connectivity index (χ3n) is 5.23. The molecule has 3 aromatic rings. The van der Waals surface area contributed by atoms with Crippen molar-refractivity contribution in [2.45, 2.75) is 39.0 Å². The van der Waals surface area contributed by atoms with E-state index in [1.54, 1.807) is 24.3 Å². The first kappa shape index (κ1) is 19.0. The van der Waals surface area contributed by atoms with Crippen LogP contribution in [0.2, 0.25) is 0 Å². The van der Waals surface area contributed by atoms with Gasteiger partial charge in [-0.25, -0.2) is 0 Å². The third-order valence-corrected chi connectivity index (χ3v) is 5.23. The van der Waals surface area contributed by atoms with Crippen LogP contribution in [0.1, 0.15) is 50.2 Å². The van der Waals surface area contributed by atoms with E-state index in [0.717, 1.165) is 17.5 Å². The number of rotatable bonds is 7. The van der Waals surface area contributed by atoms with Crippen LogP contribution >= 0.6 is 0 Å². The molecule has 2 heteroatoms. The summed E-state index contributed by atoms with van der Waals surface area (Å²) in [4.78, 5) is 0. The maximum atomic E-state index is 9.64. The highest BCUT2D eigenvalue weighted by Crippen LogP contribution is 2.34. The first-order valence-corrected chi connectivity index (χ1v) is 9.75. The van der Waals surface area contributed by atoms with E-state index >= 15 is 0 Å². The smallest absolute Gasteiger partial charge is 0.115 e. The molecule has 3 rings (SSSR count). The first-order chi connectivity index (χ1) is 13.1. The Bertz CT molecular complexity index is 833. The van der Waals surface area contributed by atoms with Gasteiger partial charge in [0.15, 0.2) is 0 Å². The Kier molecular flexibility index (Phi) is 6.18. The average Bonchev–Trinajstić information content (AvgIpc) is 2.68. The molecule has 0 bridgehead atoms. The van der Waals surface area contributed by atoms with Crippen molar-refractivity contribution in [2.24, 2.45) is 5.92 Å². The fraction of sp³-hybridized carbons (Fsp3) is 0.280. The molecule has 0 spiro atoms. The van der Waals surface area contributed by atoms with Crippen molar-refractivity contribution in [3.8, 4) is 22.6 Å². The standard InChI is InChI=1S/C25H28O2/c1-3-4-18(2)17-25(22-11-15-24(27)16-12-22)21-7-5-19(6-8-21)20-9-13-23(26)14-10-20/h5-16,18,25-27H,3-4,17H2,1-2H3. The molecule has 2 N–H and O–H groups in total. The topological polar surface area (TPSA) is 40.5 Å². The van der Waals surface area contributed by atoms with Crippen molar-refractivity contribution in [3.63, 3.8) is 0 Å². The van der Waals surface area contributed by atoms with Gasteiger partial charge in [-0.3, -0.25) is 0 Å². The van der Waals surface area contributed by atoms with Crippen LogP contribution in [0.25, 0.3) is 11.1 Å². The van der Waals surface area contributed by atoms with Gasteiger partial charge in [0, 0.05) is 5.92 Å². The highest BCUT2D eigenvalue weighted by Gasteiger charge is 2.17. The van der Waals surface area contributed by atoms with Crippen molar-refractivity contribution in [1.29, 1.82) is 0 Å². The molecule has 27 heavy (non-hydrogen) atoms. The van der Waals surface area contributed by atoms with E-state index in [9.17, 15) is 10.2 Å². The molecule has 0 radical (unpaired) electrons. The van der Waals surface area contributed by atoms with Crippen LogP contribution in [0, 0.1) is 5.92 Å². The summed E-state index contributed by atoms with van der Waals surface area (Å²) in [6.07, 6.45) is 3.51. The van der Waals surface area contributed by atoms with E-state index in [2.05, 4.69) is 38.1 Å². The van der Waals surface area contributed by atoms with Crippen molar-refractivity contribution in [1.82, 2.24) is 0 Å². The zero-order chi connectivity index (χ0) is 19.2. The first-order valence-electron chi connectivity index (χ1n) is 9.75. The lowest BCUT2D eigenvalue weighted by atomic mass is 9.82. The molecular weight excluding hydrogens is 332 g/mol. The number of hydrogen-bond acceptors (Lipinski definition) is 2. The van der Waals surface area contributed by atoms with Gasteiger partial charge in [0.05, 0.1) is 0 Å². The zero-order valence-electron chi connectivity index (χ0n) is 16.1. The number of hydrogen-bond donors (Lipinski definition) is 2. The van der Waals surface area contributed by atoms with Crippen molar-refractivity contribution in [3.05, 3.63) is 83.9 Å². The van der Waals surface area contributed by atoms with Crippen LogP contribution in [0.4, 0.5) is 0 Å². The maximum absolute atomic E-state index is 9.64. The molecule has 0 saturated carbocycles. The van der Waals surface area contributed by atoms with Crippen LogP contribution in [0.3, 0.4) is 0 Å². The highest BCUT2D eigenvalue weighted by molar-refractivity contribution is 5.64. The van der Waals surface area contributed by atoms with Gasteiger partial charge in [-0.15, -0.1) is 0 Å². The predicted molar refractivity (Wildman–Crippen MR) is 112 cm³/mol. The van der Waals surface area contributed by atoms with Gasteiger partial charge in [0.1, 0.15) is 11.5 Å².